The Hall–Kier alpha value is -2.48. The number of sulfonamides is 1. The minimum Gasteiger partial charge on any atom is -0.486 e. The van der Waals surface area contributed by atoms with E-state index in [1.54, 1.807) is 6.92 Å². The van der Waals surface area contributed by atoms with E-state index in [-0.39, 0.29) is 10.5 Å². The highest BCUT2D eigenvalue weighted by molar-refractivity contribution is 7.89. The van der Waals surface area contributed by atoms with Crippen molar-refractivity contribution in [3.8, 4) is 11.5 Å². The predicted molar refractivity (Wildman–Crippen MR) is 80.2 cm³/mol. The van der Waals surface area contributed by atoms with Crippen LogP contribution in [0.1, 0.15) is 16.1 Å². The minimum absolute atomic E-state index is 0.0428. The van der Waals surface area contributed by atoms with E-state index in [9.17, 15) is 13.2 Å². The lowest BCUT2D eigenvalue weighted by Gasteiger charge is -2.21. The van der Waals surface area contributed by atoms with Gasteiger partial charge in [-0.15, -0.1) is 0 Å². The third kappa shape index (κ3) is 2.65. The fourth-order valence-electron chi connectivity index (χ4n) is 2.23. The maximum atomic E-state index is 12.6. The van der Waals surface area contributed by atoms with Crippen molar-refractivity contribution >= 4 is 15.9 Å². The molecule has 8 heteroatoms. The smallest absolute Gasteiger partial charge is 0.270 e. The van der Waals surface area contributed by atoms with Crippen LogP contribution in [0.15, 0.2) is 39.8 Å². The second-order valence-corrected chi connectivity index (χ2v) is 6.94. The first-order chi connectivity index (χ1) is 10.9. The Bertz CT molecular complexity index is 855. The van der Waals surface area contributed by atoms with Gasteiger partial charge in [-0.1, -0.05) is 0 Å². The molecule has 0 N–H and O–H groups in total. The van der Waals surface area contributed by atoms with Crippen LogP contribution in [-0.2, 0) is 10.0 Å². The van der Waals surface area contributed by atoms with Gasteiger partial charge in [-0.2, -0.15) is 0 Å². The first-order valence-electron chi connectivity index (χ1n) is 6.88. The molecule has 0 spiro atoms. The predicted octanol–water partition coefficient (Wildman–Crippen LogP) is 1.82. The van der Waals surface area contributed by atoms with Crippen LogP contribution in [0.3, 0.4) is 0 Å². The average molecular weight is 337 g/mol. The lowest BCUT2D eigenvalue weighted by Crippen LogP contribution is -2.33. The van der Waals surface area contributed by atoms with Crippen LogP contribution in [-0.4, -0.2) is 38.9 Å². The Kier molecular flexibility index (Phi) is 3.77. The van der Waals surface area contributed by atoms with Crippen LogP contribution in [0.5, 0.6) is 11.5 Å². The normalized spacial score (nSPS) is 13.7. The Morgan fingerprint density at radius 3 is 2.48 bits per heavy atom. The third-order valence-electron chi connectivity index (χ3n) is 3.55. The van der Waals surface area contributed by atoms with Gasteiger partial charge >= 0.3 is 0 Å². The molecule has 1 aliphatic rings. The van der Waals surface area contributed by atoms with Crippen LogP contribution in [0.2, 0.25) is 0 Å². The quantitative estimate of drug-likeness (QED) is 0.849. The van der Waals surface area contributed by atoms with Crippen LogP contribution in [0, 0.1) is 6.92 Å². The van der Waals surface area contributed by atoms with Crippen LogP contribution in [0.25, 0.3) is 0 Å². The zero-order chi connectivity index (χ0) is 16.6. The summed E-state index contributed by atoms with van der Waals surface area (Å²) in [5.41, 5.74) is 0.202. The number of hydrogen-bond acceptors (Lipinski definition) is 6. The van der Waals surface area contributed by atoms with E-state index in [1.165, 1.54) is 37.6 Å². The van der Waals surface area contributed by atoms with E-state index >= 15 is 0 Å². The zero-order valence-electron chi connectivity index (χ0n) is 12.6. The second kappa shape index (κ2) is 5.62. The average Bonchev–Trinajstić information content (AvgIpc) is 2.99. The number of rotatable bonds is 3. The fourth-order valence-corrected chi connectivity index (χ4v) is 3.36. The second-order valence-electron chi connectivity index (χ2n) is 4.97. The summed E-state index contributed by atoms with van der Waals surface area (Å²) in [5, 5.41) is 0. The largest absolute Gasteiger partial charge is 0.486 e. The molecule has 23 heavy (non-hydrogen) atoms. The van der Waals surface area contributed by atoms with E-state index in [1.807, 2.05) is 0 Å². The number of carbonyl (C=O) groups excluding carboxylic acids is 1. The standard InChI is InChI=1S/C15H15NO6S/c1-10-12(5-6-20-10)15(17)16(2)23(18,19)11-3-4-13-14(9-11)22-8-7-21-13/h3-6,9H,7-8H2,1-2H3. The van der Waals surface area contributed by atoms with E-state index < -0.39 is 15.9 Å². The highest BCUT2D eigenvalue weighted by atomic mass is 32.2. The summed E-state index contributed by atoms with van der Waals surface area (Å²) in [4.78, 5) is 12.3. The highest BCUT2D eigenvalue weighted by Crippen LogP contribution is 2.33. The summed E-state index contributed by atoms with van der Waals surface area (Å²) in [6.07, 6.45) is 1.34. The molecule has 1 amide bonds. The monoisotopic (exact) mass is 337 g/mol. The van der Waals surface area contributed by atoms with E-state index in [0.717, 1.165) is 0 Å². The molecule has 1 aromatic carbocycles. The molecule has 0 atom stereocenters. The Balaban J connectivity index is 1.95. The van der Waals surface area contributed by atoms with Gasteiger partial charge < -0.3 is 13.9 Å². The minimum atomic E-state index is -4.01. The summed E-state index contributed by atoms with van der Waals surface area (Å²) in [6.45, 7) is 2.36. The van der Waals surface area contributed by atoms with Gasteiger partial charge in [0.15, 0.2) is 11.5 Å². The number of amides is 1. The molecular weight excluding hydrogens is 322 g/mol. The Morgan fingerprint density at radius 2 is 1.83 bits per heavy atom. The number of ether oxygens (including phenoxy) is 2. The van der Waals surface area contributed by atoms with Crippen molar-refractivity contribution in [3.63, 3.8) is 0 Å². The van der Waals surface area contributed by atoms with Gasteiger partial charge in [0.25, 0.3) is 15.9 Å². The number of furan rings is 1. The van der Waals surface area contributed by atoms with Crippen molar-refractivity contribution < 1.29 is 27.1 Å². The van der Waals surface area contributed by atoms with Gasteiger partial charge in [0.05, 0.1) is 16.7 Å². The van der Waals surface area contributed by atoms with E-state index in [4.69, 9.17) is 13.9 Å². The van der Waals surface area contributed by atoms with E-state index in [0.29, 0.717) is 34.8 Å². The Labute approximate surface area is 133 Å². The van der Waals surface area contributed by atoms with Crippen molar-refractivity contribution in [2.75, 3.05) is 20.3 Å². The molecule has 7 nitrogen and oxygen atoms in total. The van der Waals surface area contributed by atoms with Crippen LogP contribution in [0.4, 0.5) is 0 Å². The molecule has 2 heterocycles. The van der Waals surface area contributed by atoms with Crippen molar-refractivity contribution in [2.24, 2.45) is 0 Å². The molecule has 0 saturated heterocycles. The van der Waals surface area contributed by atoms with Gasteiger partial charge in [-0.3, -0.25) is 4.79 Å². The molecule has 1 aliphatic heterocycles. The van der Waals surface area contributed by atoms with Crippen LogP contribution < -0.4 is 9.47 Å². The SMILES string of the molecule is Cc1occc1C(=O)N(C)S(=O)(=O)c1ccc2c(c1)OCCO2. The van der Waals surface area contributed by atoms with Crippen molar-refractivity contribution in [2.45, 2.75) is 11.8 Å². The molecule has 0 radical (unpaired) electrons. The summed E-state index contributed by atoms with van der Waals surface area (Å²) < 4.78 is 41.8. The van der Waals surface area contributed by atoms with Crippen molar-refractivity contribution in [1.82, 2.24) is 4.31 Å². The lowest BCUT2D eigenvalue weighted by molar-refractivity contribution is 0.0881. The highest BCUT2D eigenvalue weighted by Gasteiger charge is 2.29. The first kappa shape index (κ1) is 15.4. The molecule has 0 aliphatic carbocycles. The van der Waals surface area contributed by atoms with Crippen molar-refractivity contribution in [3.05, 3.63) is 41.9 Å². The van der Waals surface area contributed by atoms with E-state index in [2.05, 4.69) is 0 Å². The zero-order valence-corrected chi connectivity index (χ0v) is 13.4. The summed E-state index contributed by atoms with van der Waals surface area (Å²) in [6, 6.07) is 5.70. The molecule has 0 unspecified atom stereocenters. The maximum absolute atomic E-state index is 12.6. The lowest BCUT2D eigenvalue weighted by atomic mass is 10.2. The first-order valence-corrected chi connectivity index (χ1v) is 8.32. The van der Waals surface area contributed by atoms with Crippen molar-refractivity contribution in [1.29, 1.82) is 0 Å². The molecule has 1 aromatic heterocycles. The molecule has 122 valence electrons. The topological polar surface area (TPSA) is 86.1 Å². The van der Waals surface area contributed by atoms with Gasteiger partial charge in [0.2, 0.25) is 0 Å². The Morgan fingerprint density at radius 1 is 1.13 bits per heavy atom. The molecule has 0 saturated carbocycles. The van der Waals surface area contributed by atoms with Gasteiger partial charge in [0, 0.05) is 13.1 Å². The summed E-state index contributed by atoms with van der Waals surface area (Å²) >= 11 is 0. The van der Waals surface area contributed by atoms with Gasteiger partial charge in [-0.25, -0.2) is 12.7 Å². The number of fused-ring (bicyclic) bond motifs is 1. The summed E-state index contributed by atoms with van der Waals surface area (Å²) in [7, 11) is -2.80. The number of nitrogens with zero attached hydrogens (tertiary/aromatic N) is 1. The van der Waals surface area contributed by atoms with Gasteiger partial charge in [-0.05, 0) is 25.1 Å². The molecule has 2 aromatic rings. The number of aryl methyl sites for hydroxylation is 1. The molecule has 0 fully saturated rings. The fraction of sp³-hybridized carbons (Fsp3) is 0.267. The third-order valence-corrected chi connectivity index (χ3v) is 5.28. The molecule has 0 bridgehead atoms. The van der Waals surface area contributed by atoms with Gasteiger partial charge in [0.1, 0.15) is 19.0 Å². The molecule has 3 rings (SSSR count). The van der Waals surface area contributed by atoms with Crippen LogP contribution >= 0.6 is 0 Å². The number of hydrogen-bond donors (Lipinski definition) is 0. The molecular formula is C15H15NO6S. The maximum Gasteiger partial charge on any atom is 0.270 e. The number of carbonyl (C=O) groups is 1. The number of benzene rings is 1. The summed E-state index contributed by atoms with van der Waals surface area (Å²) in [5.74, 6) is 0.526.